The van der Waals surface area contributed by atoms with Crippen molar-refractivity contribution in [1.29, 1.82) is 0 Å². The first-order valence-corrected chi connectivity index (χ1v) is 5.88. The lowest BCUT2D eigenvalue weighted by atomic mass is 10.2. The number of benzene rings is 1. The topological polar surface area (TPSA) is 96.6 Å². The second-order valence-electron chi connectivity index (χ2n) is 4.20. The molecule has 106 valence electrons. The lowest BCUT2D eigenvalue weighted by molar-refractivity contribution is 0.0686. The van der Waals surface area contributed by atoms with Gasteiger partial charge in [0.1, 0.15) is 0 Å². The predicted octanol–water partition coefficient (Wildman–Crippen LogP) is 1.44. The van der Waals surface area contributed by atoms with Crippen molar-refractivity contribution in [2.24, 2.45) is 7.05 Å². The Hall–Kier alpha value is -2.70. The Morgan fingerprint density at radius 1 is 1.50 bits per heavy atom. The number of aromatic nitrogens is 2. The van der Waals surface area contributed by atoms with Gasteiger partial charge in [0, 0.05) is 13.6 Å². The number of rotatable bonds is 5. The van der Waals surface area contributed by atoms with Gasteiger partial charge in [-0.3, -0.25) is 4.68 Å². The molecule has 7 heteroatoms. The van der Waals surface area contributed by atoms with Gasteiger partial charge in [0.2, 0.25) is 0 Å². The van der Waals surface area contributed by atoms with Crippen LogP contribution in [-0.2, 0) is 13.6 Å². The zero-order valence-electron chi connectivity index (χ0n) is 11.1. The van der Waals surface area contributed by atoms with Gasteiger partial charge in [0.15, 0.2) is 17.2 Å². The lowest BCUT2D eigenvalue weighted by Gasteiger charge is -2.08. The summed E-state index contributed by atoms with van der Waals surface area (Å²) in [5, 5.41) is 25.5. The first-order valence-electron chi connectivity index (χ1n) is 5.88. The van der Waals surface area contributed by atoms with Crippen molar-refractivity contribution in [3.63, 3.8) is 0 Å². The first kappa shape index (κ1) is 13.7. The van der Waals surface area contributed by atoms with Crippen LogP contribution in [0, 0.1) is 0 Å². The number of aryl methyl sites for hydroxylation is 1. The van der Waals surface area contributed by atoms with Crippen molar-refractivity contribution in [3.8, 4) is 11.5 Å². The van der Waals surface area contributed by atoms with E-state index in [2.05, 4.69) is 10.4 Å². The number of carboxylic acid groups (broad SMARTS) is 1. The Labute approximate surface area is 115 Å². The molecule has 0 saturated heterocycles. The largest absolute Gasteiger partial charge is 0.504 e. The molecule has 0 radical (unpaired) electrons. The minimum Gasteiger partial charge on any atom is -0.504 e. The van der Waals surface area contributed by atoms with Gasteiger partial charge in [-0.1, -0.05) is 6.07 Å². The van der Waals surface area contributed by atoms with E-state index in [-0.39, 0.29) is 11.4 Å². The van der Waals surface area contributed by atoms with Gasteiger partial charge in [0.05, 0.1) is 19.0 Å². The molecule has 0 atom stereocenters. The number of nitrogens with zero attached hydrogens (tertiary/aromatic N) is 2. The number of methoxy groups -OCH3 is 1. The smallest absolute Gasteiger partial charge is 0.356 e. The molecule has 0 amide bonds. The van der Waals surface area contributed by atoms with Crippen LogP contribution in [0.25, 0.3) is 0 Å². The summed E-state index contributed by atoms with van der Waals surface area (Å²) in [6.07, 6.45) is 1.46. The SMILES string of the molecule is COc1cc(CNc2cnn(C)c2C(=O)O)ccc1O. The third-order valence-electron chi connectivity index (χ3n) is 2.87. The first-order chi connectivity index (χ1) is 9.52. The summed E-state index contributed by atoms with van der Waals surface area (Å²) in [5.41, 5.74) is 1.38. The van der Waals surface area contributed by atoms with E-state index < -0.39 is 5.97 Å². The summed E-state index contributed by atoms with van der Waals surface area (Å²) >= 11 is 0. The van der Waals surface area contributed by atoms with Gasteiger partial charge in [-0.2, -0.15) is 5.10 Å². The molecule has 1 aromatic heterocycles. The van der Waals surface area contributed by atoms with E-state index in [0.717, 1.165) is 5.56 Å². The van der Waals surface area contributed by atoms with E-state index in [9.17, 15) is 9.90 Å². The highest BCUT2D eigenvalue weighted by Gasteiger charge is 2.15. The van der Waals surface area contributed by atoms with Crippen LogP contribution in [0.1, 0.15) is 16.1 Å². The van der Waals surface area contributed by atoms with Crippen LogP contribution >= 0.6 is 0 Å². The number of ether oxygens (including phenoxy) is 1. The van der Waals surface area contributed by atoms with Crippen LogP contribution in [0.5, 0.6) is 11.5 Å². The van der Waals surface area contributed by atoms with Crippen molar-refractivity contribution < 1.29 is 19.7 Å². The Morgan fingerprint density at radius 3 is 2.90 bits per heavy atom. The number of carboxylic acids is 1. The molecule has 0 aliphatic heterocycles. The molecule has 0 aliphatic rings. The number of nitrogens with one attached hydrogen (secondary N) is 1. The summed E-state index contributed by atoms with van der Waals surface area (Å²) in [5.74, 6) is -0.617. The van der Waals surface area contributed by atoms with Gasteiger partial charge in [-0.25, -0.2) is 4.79 Å². The fourth-order valence-electron chi connectivity index (χ4n) is 1.85. The highest BCUT2D eigenvalue weighted by molar-refractivity contribution is 5.92. The van der Waals surface area contributed by atoms with Crippen molar-refractivity contribution in [2.45, 2.75) is 6.54 Å². The molecule has 1 heterocycles. The van der Waals surface area contributed by atoms with Crippen LogP contribution in [-0.4, -0.2) is 33.1 Å². The van der Waals surface area contributed by atoms with Gasteiger partial charge in [0.25, 0.3) is 0 Å². The fraction of sp³-hybridized carbons (Fsp3) is 0.231. The molecule has 0 bridgehead atoms. The molecular formula is C13H15N3O4. The number of carbonyl (C=O) groups is 1. The minimum absolute atomic E-state index is 0.0591. The maximum Gasteiger partial charge on any atom is 0.356 e. The quantitative estimate of drug-likeness (QED) is 0.765. The average Bonchev–Trinajstić information content (AvgIpc) is 2.79. The third-order valence-corrected chi connectivity index (χ3v) is 2.87. The number of aromatic hydroxyl groups is 1. The normalized spacial score (nSPS) is 10.3. The molecule has 1 aromatic carbocycles. The number of phenolic OH excluding ortho intramolecular Hbond substituents is 1. The highest BCUT2D eigenvalue weighted by Crippen LogP contribution is 2.26. The number of hydrogen-bond donors (Lipinski definition) is 3. The Balaban J connectivity index is 2.15. The van der Waals surface area contributed by atoms with Crippen molar-refractivity contribution in [3.05, 3.63) is 35.7 Å². The van der Waals surface area contributed by atoms with E-state index in [1.807, 2.05) is 0 Å². The predicted molar refractivity (Wildman–Crippen MR) is 72.2 cm³/mol. The maximum absolute atomic E-state index is 11.1. The summed E-state index contributed by atoms with van der Waals surface area (Å²) in [4.78, 5) is 11.1. The van der Waals surface area contributed by atoms with Gasteiger partial charge in [-0.15, -0.1) is 0 Å². The van der Waals surface area contributed by atoms with E-state index in [1.165, 1.54) is 24.1 Å². The highest BCUT2D eigenvalue weighted by atomic mass is 16.5. The summed E-state index contributed by atoms with van der Waals surface area (Å²) in [6.45, 7) is 0.391. The van der Waals surface area contributed by atoms with Gasteiger partial charge in [-0.05, 0) is 17.7 Å². The molecular weight excluding hydrogens is 262 g/mol. The Morgan fingerprint density at radius 2 is 2.25 bits per heavy atom. The average molecular weight is 277 g/mol. The maximum atomic E-state index is 11.1. The zero-order chi connectivity index (χ0) is 14.7. The summed E-state index contributed by atoms with van der Waals surface area (Å²) < 4.78 is 6.31. The monoisotopic (exact) mass is 277 g/mol. The number of phenols is 1. The van der Waals surface area contributed by atoms with Crippen molar-refractivity contribution >= 4 is 11.7 Å². The second kappa shape index (κ2) is 5.52. The van der Waals surface area contributed by atoms with E-state index >= 15 is 0 Å². The zero-order valence-corrected chi connectivity index (χ0v) is 11.1. The second-order valence-corrected chi connectivity index (χ2v) is 4.20. The van der Waals surface area contributed by atoms with Crippen molar-refractivity contribution in [1.82, 2.24) is 9.78 Å². The van der Waals surface area contributed by atoms with E-state index in [4.69, 9.17) is 9.84 Å². The number of anilines is 1. The molecule has 0 saturated carbocycles. The van der Waals surface area contributed by atoms with Crippen molar-refractivity contribution in [2.75, 3.05) is 12.4 Å². The molecule has 0 aliphatic carbocycles. The molecule has 7 nitrogen and oxygen atoms in total. The van der Waals surface area contributed by atoms with Crippen LogP contribution in [0.3, 0.4) is 0 Å². The Kier molecular flexibility index (Phi) is 3.79. The lowest BCUT2D eigenvalue weighted by Crippen LogP contribution is -2.09. The summed E-state index contributed by atoms with van der Waals surface area (Å²) in [7, 11) is 3.04. The molecule has 2 rings (SSSR count). The summed E-state index contributed by atoms with van der Waals surface area (Å²) in [6, 6.07) is 4.93. The van der Waals surface area contributed by atoms with E-state index in [0.29, 0.717) is 18.0 Å². The molecule has 0 fully saturated rings. The molecule has 3 N–H and O–H groups in total. The Bertz CT molecular complexity index is 637. The molecule has 0 spiro atoms. The van der Waals surface area contributed by atoms with Gasteiger partial charge >= 0.3 is 5.97 Å². The van der Waals surface area contributed by atoms with Crippen LogP contribution in [0.2, 0.25) is 0 Å². The number of aromatic carboxylic acids is 1. The van der Waals surface area contributed by atoms with Crippen LogP contribution < -0.4 is 10.1 Å². The third kappa shape index (κ3) is 2.66. The minimum atomic E-state index is -1.05. The fourth-order valence-corrected chi connectivity index (χ4v) is 1.85. The standard InChI is InChI=1S/C13H15N3O4/c1-16-12(13(18)19)9(7-15-16)14-6-8-3-4-10(17)11(5-8)20-2/h3-5,7,14,17H,6H2,1-2H3,(H,18,19). The molecule has 2 aromatic rings. The van der Waals surface area contributed by atoms with Crippen LogP contribution in [0.15, 0.2) is 24.4 Å². The van der Waals surface area contributed by atoms with E-state index in [1.54, 1.807) is 19.2 Å². The van der Waals surface area contributed by atoms with Gasteiger partial charge < -0.3 is 20.3 Å². The molecule has 0 unspecified atom stereocenters. The number of hydrogen-bond acceptors (Lipinski definition) is 5. The molecule has 20 heavy (non-hydrogen) atoms. The van der Waals surface area contributed by atoms with Crippen LogP contribution in [0.4, 0.5) is 5.69 Å².